The van der Waals surface area contributed by atoms with E-state index in [-0.39, 0.29) is 18.4 Å². The lowest BCUT2D eigenvalue weighted by Crippen LogP contribution is -2.31. The fraction of sp³-hybridized carbons (Fsp3) is 0.0833. The van der Waals surface area contributed by atoms with Crippen LogP contribution in [-0.4, -0.2) is 29.3 Å². The maximum absolute atomic E-state index is 12.1. The minimum absolute atomic E-state index is 0.169. The fourth-order valence-corrected chi connectivity index (χ4v) is 3.59. The lowest BCUT2D eigenvalue weighted by Gasteiger charge is -2.17. The lowest BCUT2D eigenvalue weighted by atomic mass is 10.2. The molecule has 1 aromatic heterocycles. The number of para-hydroxylation sites is 1. The Balaban J connectivity index is 1.55. The van der Waals surface area contributed by atoms with Crippen LogP contribution in [0.1, 0.15) is 18.2 Å². The molecule has 2 aromatic carbocycles. The summed E-state index contributed by atoms with van der Waals surface area (Å²) in [6, 6.07) is 16.0. The monoisotopic (exact) mass is 444 g/mol. The molecule has 0 unspecified atom stereocenters. The summed E-state index contributed by atoms with van der Waals surface area (Å²) in [7, 11) is 0. The zero-order valence-corrected chi connectivity index (χ0v) is 18.1. The predicted molar refractivity (Wildman–Crippen MR) is 126 cm³/mol. The van der Waals surface area contributed by atoms with E-state index in [1.165, 1.54) is 35.3 Å². The zero-order chi connectivity index (χ0) is 22.9. The minimum atomic E-state index is -0.446. The number of carbonyl (C=O) groups is 3. The van der Waals surface area contributed by atoms with Crippen molar-refractivity contribution in [2.24, 2.45) is 0 Å². The normalized spacial score (nSPS) is 10.4. The van der Waals surface area contributed by atoms with Gasteiger partial charge in [-0.15, -0.1) is 17.8 Å². The first-order valence-corrected chi connectivity index (χ1v) is 10.5. The molecule has 3 rings (SSSR count). The van der Waals surface area contributed by atoms with Crippen LogP contribution in [0.15, 0.2) is 66.1 Å². The molecule has 0 aliphatic carbocycles. The molecule has 7 nitrogen and oxygen atoms in total. The van der Waals surface area contributed by atoms with Crippen LogP contribution in [0.3, 0.4) is 0 Å². The van der Waals surface area contributed by atoms with E-state index >= 15 is 0 Å². The van der Waals surface area contributed by atoms with Crippen LogP contribution in [-0.2, 0) is 14.4 Å². The maximum atomic E-state index is 12.1. The van der Waals surface area contributed by atoms with E-state index in [1.807, 2.05) is 30.3 Å². The molecule has 0 aliphatic heterocycles. The molecule has 3 amide bonds. The van der Waals surface area contributed by atoms with E-state index in [2.05, 4.69) is 21.5 Å². The third-order valence-electron chi connectivity index (χ3n) is 4.17. The van der Waals surface area contributed by atoms with Crippen LogP contribution in [0.2, 0.25) is 0 Å². The van der Waals surface area contributed by atoms with E-state index in [9.17, 15) is 14.4 Å². The van der Waals surface area contributed by atoms with Gasteiger partial charge in [-0.1, -0.05) is 30.2 Å². The van der Waals surface area contributed by atoms with Crippen molar-refractivity contribution in [1.82, 2.24) is 10.3 Å². The Bertz CT molecular complexity index is 1200. The minimum Gasteiger partial charge on any atom is -0.343 e. The molecule has 0 bridgehead atoms. The van der Waals surface area contributed by atoms with Gasteiger partial charge in [-0.05, 0) is 36.4 Å². The Morgan fingerprint density at radius 2 is 1.94 bits per heavy atom. The number of thiazole rings is 1. The molecule has 1 heterocycles. The SMILES string of the molecule is C#Cc1cccc(NC(=O)CNC(=O)/C=C/c2csc(N(C(C)=O)c3ccccc3)n2)c1. The van der Waals surface area contributed by atoms with Gasteiger partial charge in [0.05, 0.1) is 17.9 Å². The van der Waals surface area contributed by atoms with E-state index in [0.29, 0.717) is 27.8 Å². The van der Waals surface area contributed by atoms with Gasteiger partial charge in [-0.25, -0.2) is 4.98 Å². The number of hydrogen-bond acceptors (Lipinski definition) is 5. The van der Waals surface area contributed by atoms with Crippen LogP contribution in [0.5, 0.6) is 0 Å². The van der Waals surface area contributed by atoms with Gasteiger partial charge >= 0.3 is 0 Å². The van der Waals surface area contributed by atoms with Gasteiger partial charge in [0.25, 0.3) is 0 Å². The predicted octanol–water partition coefficient (Wildman–Crippen LogP) is 3.58. The fourth-order valence-electron chi connectivity index (χ4n) is 2.74. The molecule has 3 aromatic rings. The Kier molecular flexibility index (Phi) is 7.51. The van der Waals surface area contributed by atoms with Crippen LogP contribution in [0, 0.1) is 12.3 Å². The maximum Gasteiger partial charge on any atom is 0.244 e. The summed E-state index contributed by atoms with van der Waals surface area (Å²) in [4.78, 5) is 42.1. The van der Waals surface area contributed by atoms with Crippen molar-refractivity contribution in [2.45, 2.75) is 6.92 Å². The highest BCUT2D eigenvalue weighted by molar-refractivity contribution is 7.14. The Morgan fingerprint density at radius 3 is 2.66 bits per heavy atom. The number of nitrogens with zero attached hydrogens (tertiary/aromatic N) is 2. The summed E-state index contributed by atoms with van der Waals surface area (Å²) in [6.45, 7) is 1.27. The van der Waals surface area contributed by atoms with Crippen LogP contribution >= 0.6 is 11.3 Å². The van der Waals surface area contributed by atoms with Crippen LogP contribution in [0.4, 0.5) is 16.5 Å². The van der Waals surface area contributed by atoms with E-state index in [0.717, 1.165) is 0 Å². The number of nitrogens with one attached hydrogen (secondary N) is 2. The summed E-state index contributed by atoms with van der Waals surface area (Å²) < 4.78 is 0. The topological polar surface area (TPSA) is 91.4 Å². The number of anilines is 3. The highest BCUT2D eigenvalue weighted by atomic mass is 32.1. The molecule has 2 N–H and O–H groups in total. The molecule has 0 saturated heterocycles. The molecule has 0 radical (unpaired) electrons. The quantitative estimate of drug-likeness (QED) is 0.431. The molecule has 0 atom stereocenters. The second-order valence-corrected chi connectivity index (χ2v) is 7.41. The summed E-state index contributed by atoms with van der Waals surface area (Å²) in [6.07, 6.45) is 8.14. The van der Waals surface area contributed by atoms with Gasteiger partial charge in [0.15, 0.2) is 5.13 Å². The average Bonchev–Trinajstić information content (AvgIpc) is 3.25. The van der Waals surface area contributed by atoms with Gasteiger partial charge in [0, 0.05) is 29.6 Å². The highest BCUT2D eigenvalue weighted by Crippen LogP contribution is 2.28. The molecule has 0 saturated carbocycles. The van der Waals surface area contributed by atoms with Crippen LogP contribution < -0.4 is 15.5 Å². The first-order chi connectivity index (χ1) is 15.5. The number of rotatable bonds is 7. The average molecular weight is 445 g/mol. The van der Waals surface area contributed by atoms with Gasteiger partial charge in [-0.2, -0.15) is 0 Å². The van der Waals surface area contributed by atoms with Crippen molar-refractivity contribution in [1.29, 1.82) is 0 Å². The molecular weight excluding hydrogens is 424 g/mol. The molecule has 0 spiro atoms. The number of amides is 3. The van der Waals surface area contributed by atoms with Crippen molar-refractivity contribution >= 4 is 51.6 Å². The van der Waals surface area contributed by atoms with E-state index in [4.69, 9.17) is 6.42 Å². The number of benzene rings is 2. The Morgan fingerprint density at radius 1 is 1.16 bits per heavy atom. The summed E-state index contributed by atoms with van der Waals surface area (Å²) in [5, 5.41) is 7.41. The highest BCUT2D eigenvalue weighted by Gasteiger charge is 2.17. The third-order valence-corrected chi connectivity index (χ3v) is 5.02. The van der Waals surface area contributed by atoms with E-state index in [1.54, 1.807) is 29.6 Å². The lowest BCUT2D eigenvalue weighted by molar-refractivity contribution is -0.121. The number of carbonyl (C=O) groups excluding carboxylic acids is 3. The van der Waals surface area contributed by atoms with Gasteiger partial charge in [0.2, 0.25) is 17.7 Å². The molecule has 160 valence electrons. The first-order valence-electron chi connectivity index (χ1n) is 9.60. The molecule has 32 heavy (non-hydrogen) atoms. The zero-order valence-electron chi connectivity index (χ0n) is 17.2. The first kappa shape index (κ1) is 22.5. The second-order valence-electron chi connectivity index (χ2n) is 6.57. The number of terminal acetylenes is 1. The van der Waals surface area contributed by atoms with Crippen LogP contribution in [0.25, 0.3) is 6.08 Å². The van der Waals surface area contributed by atoms with Gasteiger partial charge in [0.1, 0.15) is 0 Å². The van der Waals surface area contributed by atoms with Crippen molar-refractivity contribution in [3.63, 3.8) is 0 Å². The smallest absolute Gasteiger partial charge is 0.244 e. The Hall–Kier alpha value is -4.22. The summed E-state index contributed by atoms with van der Waals surface area (Å²) in [5.74, 6) is 1.50. The number of aromatic nitrogens is 1. The number of hydrogen-bond donors (Lipinski definition) is 2. The van der Waals surface area contributed by atoms with Gasteiger partial charge < -0.3 is 10.6 Å². The molecule has 8 heteroatoms. The second kappa shape index (κ2) is 10.7. The summed E-state index contributed by atoms with van der Waals surface area (Å²) in [5.41, 5.74) is 2.44. The Labute approximate surface area is 189 Å². The van der Waals surface area contributed by atoms with Gasteiger partial charge in [-0.3, -0.25) is 19.3 Å². The van der Waals surface area contributed by atoms with Crippen molar-refractivity contribution < 1.29 is 14.4 Å². The van der Waals surface area contributed by atoms with Crippen molar-refractivity contribution in [3.8, 4) is 12.3 Å². The van der Waals surface area contributed by atoms with Crippen molar-refractivity contribution in [3.05, 3.63) is 77.3 Å². The molecule has 0 aliphatic rings. The standard InChI is InChI=1S/C24H20N4O3S/c1-3-18-8-7-9-19(14-18)26-23(31)15-25-22(30)13-12-20-16-32-24(27-20)28(17(2)29)21-10-5-4-6-11-21/h1,4-14,16H,15H2,2H3,(H,25,30)(H,26,31)/b13-12+. The summed E-state index contributed by atoms with van der Waals surface area (Å²) >= 11 is 1.29. The largest absolute Gasteiger partial charge is 0.343 e. The molecule has 0 fully saturated rings. The van der Waals surface area contributed by atoms with E-state index < -0.39 is 5.91 Å². The molecular formula is C24H20N4O3S. The van der Waals surface area contributed by atoms with Crippen molar-refractivity contribution in [2.75, 3.05) is 16.8 Å². The third kappa shape index (κ3) is 6.14.